The van der Waals surface area contributed by atoms with Crippen molar-refractivity contribution in [2.75, 3.05) is 31.1 Å². The van der Waals surface area contributed by atoms with E-state index in [2.05, 4.69) is 28.4 Å². The van der Waals surface area contributed by atoms with E-state index in [1.807, 2.05) is 18.2 Å². The van der Waals surface area contributed by atoms with Gasteiger partial charge in [-0.05, 0) is 25.0 Å². The summed E-state index contributed by atoms with van der Waals surface area (Å²) in [5, 5.41) is 21.3. The molecule has 0 unspecified atom stereocenters. The number of benzene rings is 1. The fraction of sp³-hybridized carbons (Fsp3) is 0.500. The van der Waals surface area contributed by atoms with Crippen molar-refractivity contribution in [3.8, 4) is 6.07 Å². The quantitative estimate of drug-likeness (QED) is 0.835. The SMILES string of the molecule is N#CC1(NCCO)CCN(c2ccccc2)CC1. The maximum absolute atomic E-state index is 9.31. The summed E-state index contributed by atoms with van der Waals surface area (Å²) >= 11 is 0. The summed E-state index contributed by atoms with van der Waals surface area (Å²) in [6, 6.07) is 12.6. The molecule has 0 spiro atoms. The third-order valence-corrected chi connectivity index (χ3v) is 3.53. The topological polar surface area (TPSA) is 59.3 Å². The maximum atomic E-state index is 9.31. The number of rotatable bonds is 4. The van der Waals surface area contributed by atoms with Crippen LogP contribution < -0.4 is 10.2 Å². The van der Waals surface area contributed by atoms with Gasteiger partial charge in [0.2, 0.25) is 0 Å². The minimum atomic E-state index is -0.464. The summed E-state index contributed by atoms with van der Waals surface area (Å²) in [6.07, 6.45) is 1.58. The highest BCUT2D eigenvalue weighted by Crippen LogP contribution is 2.25. The number of piperidine rings is 1. The van der Waals surface area contributed by atoms with Gasteiger partial charge in [0.15, 0.2) is 0 Å². The Hall–Kier alpha value is -1.57. The molecular formula is C14H19N3O. The van der Waals surface area contributed by atoms with Gasteiger partial charge in [0, 0.05) is 25.3 Å². The van der Waals surface area contributed by atoms with Crippen LogP contribution in [0.2, 0.25) is 0 Å². The zero-order valence-electron chi connectivity index (χ0n) is 10.5. The molecule has 0 amide bonds. The second kappa shape index (κ2) is 5.85. The lowest BCUT2D eigenvalue weighted by Crippen LogP contribution is -2.53. The van der Waals surface area contributed by atoms with Crippen LogP contribution in [0.3, 0.4) is 0 Å². The Balaban J connectivity index is 1.97. The smallest absolute Gasteiger partial charge is 0.110 e. The second-order valence-corrected chi connectivity index (χ2v) is 4.67. The molecule has 0 aromatic heterocycles. The molecule has 1 fully saturated rings. The van der Waals surface area contributed by atoms with Crippen LogP contribution in [0.1, 0.15) is 12.8 Å². The van der Waals surface area contributed by atoms with Gasteiger partial charge in [-0.25, -0.2) is 0 Å². The Morgan fingerprint density at radius 2 is 1.94 bits per heavy atom. The van der Waals surface area contributed by atoms with Crippen LogP contribution in [0.4, 0.5) is 5.69 Å². The van der Waals surface area contributed by atoms with Gasteiger partial charge in [0.25, 0.3) is 0 Å². The molecular weight excluding hydrogens is 226 g/mol. The van der Waals surface area contributed by atoms with E-state index in [4.69, 9.17) is 5.11 Å². The lowest BCUT2D eigenvalue weighted by Gasteiger charge is -2.39. The average molecular weight is 245 g/mol. The largest absolute Gasteiger partial charge is 0.395 e. The molecule has 1 heterocycles. The first kappa shape index (κ1) is 12.9. The molecule has 4 heteroatoms. The van der Waals surface area contributed by atoms with Gasteiger partial charge in [0.1, 0.15) is 5.54 Å². The lowest BCUT2D eigenvalue weighted by atomic mass is 9.88. The summed E-state index contributed by atoms with van der Waals surface area (Å²) < 4.78 is 0. The van der Waals surface area contributed by atoms with E-state index < -0.39 is 5.54 Å². The Morgan fingerprint density at radius 1 is 1.28 bits per heavy atom. The van der Waals surface area contributed by atoms with E-state index in [-0.39, 0.29) is 6.61 Å². The first-order valence-corrected chi connectivity index (χ1v) is 6.37. The van der Waals surface area contributed by atoms with E-state index in [9.17, 15) is 5.26 Å². The van der Waals surface area contributed by atoms with Gasteiger partial charge in [0.05, 0.1) is 12.7 Å². The highest BCUT2D eigenvalue weighted by atomic mass is 16.3. The molecule has 1 aliphatic rings. The van der Waals surface area contributed by atoms with Crippen molar-refractivity contribution in [2.24, 2.45) is 0 Å². The highest BCUT2D eigenvalue weighted by Gasteiger charge is 2.33. The molecule has 2 N–H and O–H groups in total. The maximum Gasteiger partial charge on any atom is 0.110 e. The van der Waals surface area contributed by atoms with Crippen molar-refractivity contribution in [1.29, 1.82) is 5.26 Å². The predicted octanol–water partition coefficient (Wildman–Crippen LogP) is 1.13. The zero-order chi connectivity index (χ0) is 12.8. The number of hydrogen-bond donors (Lipinski definition) is 2. The number of nitriles is 1. The standard InChI is InChI=1S/C14H19N3O/c15-12-14(16-8-11-18)6-9-17(10-7-14)13-4-2-1-3-5-13/h1-5,16,18H,6-11H2. The Labute approximate surface area is 108 Å². The molecule has 1 aliphatic heterocycles. The summed E-state index contributed by atoms with van der Waals surface area (Å²) in [5.41, 5.74) is 0.750. The molecule has 96 valence electrons. The number of nitrogens with zero attached hydrogens (tertiary/aromatic N) is 2. The molecule has 0 aliphatic carbocycles. The molecule has 0 saturated carbocycles. The van der Waals surface area contributed by atoms with Gasteiger partial charge in [-0.1, -0.05) is 18.2 Å². The molecule has 0 bridgehead atoms. The summed E-state index contributed by atoms with van der Waals surface area (Å²) in [7, 11) is 0. The number of β-amino-alcohol motifs (C(OH)–C–C–N with tert-alkyl or cyclic N) is 1. The Bertz CT molecular complexity index is 405. The molecule has 4 nitrogen and oxygen atoms in total. The number of anilines is 1. The predicted molar refractivity (Wildman–Crippen MR) is 71.3 cm³/mol. The van der Waals surface area contributed by atoms with Crippen LogP contribution in [0.25, 0.3) is 0 Å². The number of aliphatic hydroxyl groups is 1. The van der Waals surface area contributed by atoms with Crippen molar-refractivity contribution >= 4 is 5.69 Å². The van der Waals surface area contributed by atoms with Crippen molar-refractivity contribution in [2.45, 2.75) is 18.4 Å². The zero-order valence-corrected chi connectivity index (χ0v) is 10.5. The number of aliphatic hydroxyl groups excluding tert-OH is 1. The highest BCUT2D eigenvalue weighted by molar-refractivity contribution is 5.46. The lowest BCUT2D eigenvalue weighted by molar-refractivity contribution is 0.255. The first-order chi connectivity index (χ1) is 8.79. The van der Waals surface area contributed by atoms with Crippen LogP contribution in [0, 0.1) is 11.3 Å². The van der Waals surface area contributed by atoms with Crippen molar-refractivity contribution in [1.82, 2.24) is 5.32 Å². The minimum absolute atomic E-state index is 0.0752. The van der Waals surface area contributed by atoms with Gasteiger partial charge in [-0.2, -0.15) is 5.26 Å². The van der Waals surface area contributed by atoms with E-state index in [1.54, 1.807) is 0 Å². The monoisotopic (exact) mass is 245 g/mol. The number of nitrogens with one attached hydrogen (secondary N) is 1. The van der Waals surface area contributed by atoms with Gasteiger partial charge in [-0.3, -0.25) is 5.32 Å². The van der Waals surface area contributed by atoms with E-state index >= 15 is 0 Å². The normalized spacial score (nSPS) is 18.3. The van der Waals surface area contributed by atoms with E-state index in [0.717, 1.165) is 25.9 Å². The van der Waals surface area contributed by atoms with Crippen LogP contribution in [-0.4, -0.2) is 36.9 Å². The molecule has 0 atom stereocenters. The van der Waals surface area contributed by atoms with Crippen LogP contribution in [0.15, 0.2) is 30.3 Å². The van der Waals surface area contributed by atoms with Crippen molar-refractivity contribution in [3.63, 3.8) is 0 Å². The summed E-state index contributed by atoms with van der Waals surface area (Å²) in [6.45, 7) is 2.30. The third kappa shape index (κ3) is 2.81. The molecule has 1 aromatic carbocycles. The van der Waals surface area contributed by atoms with Crippen LogP contribution in [0.5, 0.6) is 0 Å². The van der Waals surface area contributed by atoms with Gasteiger partial charge >= 0.3 is 0 Å². The number of hydrogen-bond acceptors (Lipinski definition) is 4. The Morgan fingerprint density at radius 3 is 2.50 bits per heavy atom. The van der Waals surface area contributed by atoms with E-state index in [0.29, 0.717) is 6.54 Å². The summed E-state index contributed by atoms with van der Waals surface area (Å²) in [4.78, 5) is 2.30. The van der Waals surface area contributed by atoms with Gasteiger partial charge in [-0.15, -0.1) is 0 Å². The van der Waals surface area contributed by atoms with Gasteiger partial charge < -0.3 is 10.0 Å². The fourth-order valence-corrected chi connectivity index (χ4v) is 2.41. The summed E-state index contributed by atoms with van der Waals surface area (Å²) in [5.74, 6) is 0. The molecule has 1 saturated heterocycles. The molecule has 1 aromatic rings. The van der Waals surface area contributed by atoms with Crippen molar-refractivity contribution < 1.29 is 5.11 Å². The second-order valence-electron chi connectivity index (χ2n) is 4.67. The van der Waals surface area contributed by atoms with Crippen molar-refractivity contribution in [3.05, 3.63) is 30.3 Å². The molecule has 0 radical (unpaired) electrons. The van der Waals surface area contributed by atoms with E-state index in [1.165, 1.54) is 5.69 Å². The minimum Gasteiger partial charge on any atom is -0.395 e. The average Bonchev–Trinajstić information content (AvgIpc) is 2.47. The fourth-order valence-electron chi connectivity index (χ4n) is 2.41. The Kier molecular flexibility index (Phi) is 4.19. The molecule has 18 heavy (non-hydrogen) atoms. The number of para-hydroxylation sites is 1. The van der Waals surface area contributed by atoms with Crippen LogP contribution >= 0.6 is 0 Å². The third-order valence-electron chi connectivity index (χ3n) is 3.53. The molecule has 2 rings (SSSR count). The van der Waals surface area contributed by atoms with Crippen LogP contribution in [-0.2, 0) is 0 Å². The first-order valence-electron chi connectivity index (χ1n) is 6.37.